The minimum Gasteiger partial charge on any atom is -0.456 e. The number of aryl methyl sites for hydroxylation is 2. The van der Waals surface area contributed by atoms with Gasteiger partial charge in [-0.3, -0.25) is 19.0 Å². The number of Topliss-reactive ketones (excluding diaryl/α,β-unsaturated/α-hetero) is 1. The molecule has 3 rings (SSSR count). The molecule has 8 nitrogen and oxygen atoms in total. The van der Waals surface area contributed by atoms with E-state index in [1.165, 1.54) is 0 Å². The van der Waals surface area contributed by atoms with Crippen LogP contribution in [0.1, 0.15) is 37.9 Å². The van der Waals surface area contributed by atoms with Crippen LogP contribution in [0.25, 0.3) is 5.82 Å². The molecule has 0 saturated heterocycles. The van der Waals surface area contributed by atoms with Crippen molar-refractivity contribution >= 4 is 17.7 Å². The van der Waals surface area contributed by atoms with E-state index in [9.17, 15) is 23.2 Å². The van der Waals surface area contributed by atoms with Crippen LogP contribution in [0, 0.1) is 32.4 Å². The number of carbonyl (C=O) groups excluding carboxylic acids is 3. The number of nitrogens with zero attached hydrogens (tertiary/aromatic N) is 2. The van der Waals surface area contributed by atoms with Gasteiger partial charge in [-0.1, -0.05) is 5.16 Å². The maximum atomic E-state index is 13.6. The van der Waals surface area contributed by atoms with Crippen LogP contribution in [0.2, 0.25) is 0 Å². The number of aromatic nitrogens is 2. The summed E-state index contributed by atoms with van der Waals surface area (Å²) < 4.78 is 38.2. The van der Waals surface area contributed by atoms with Crippen molar-refractivity contribution in [3.8, 4) is 5.82 Å². The summed E-state index contributed by atoms with van der Waals surface area (Å²) >= 11 is 0. The van der Waals surface area contributed by atoms with Crippen LogP contribution in [0.4, 0.5) is 8.78 Å². The number of esters is 1. The lowest BCUT2D eigenvalue weighted by Crippen LogP contribution is -2.32. The lowest BCUT2D eigenvalue weighted by atomic mass is 10.1. The molecule has 1 amide bonds. The number of hydrogen-bond acceptors (Lipinski definition) is 6. The monoisotopic (exact) mass is 431 g/mol. The first-order valence-corrected chi connectivity index (χ1v) is 9.22. The normalized spacial score (nSPS) is 10.7. The molecule has 3 aromatic rings. The Morgan fingerprint density at radius 1 is 1.10 bits per heavy atom. The van der Waals surface area contributed by atoms with E-state index in [2.05, 4.69) is 10.5 Å². The van der Waals surface area contributed by atoms with Crippen molar-refractivity contribution < 1.29 is 32.4 Å². The number of ether oxygens (including phenoxy) is 1. The topological polar surface area (TPSA) is 103 Å². The molecule has 31 heavy (non-hydrogen) atoms. The number of carbonyl (C=O) groups is 3. The Labute approximate surface area is 175 Å². The number of ketones is 1. The van der Waals surface area contributed by atoms with Crippen molar-refractivity contribution in [1.82, 2.24) is 15.0 Å². The van der Waals surface area contributed by atoms with Gasteiger partial charge < -0.3 is 14.6 Å². The summed E-state index contributed by atoms with van der Waals surface area (Å²) in [6.07, 6.45) is 0. The Balaban J connectivity index is 1.57. The summed E-state index contributed by atoms with van der Waals surface area (Å²) in [5.74, 6) is -2.98. The molecule has 0 fully saturated rings. The zero-order valence-electron chi connectivity index (χ0n) is 17.0. The van der Waals surface area contributed by atoms with Crippen LogP contribution < -0.4 is 5.32 Å². The number of hydrogen-bond donors (Lipinski definition) is 1. The fourth-order valence-corrected chi connectivity index (χ4v) is 3.05. The third kappa shape index (κ3) is 4.85. The van der Waals surface area contributed by atoms with E-state index in [-0.39, 0.29) is 0 Å². The van der Waals surface area contributed by atoms with Gasteiger partial charge in [0.25, 0.3) is 5.91 Å². The molecule has 10 heteroatoms. The van der Waals surface area contributed by atoms with Crippen molar-refractivity contribution in [1.29, 1.82) is 0 Å². The molecule has 0 radical (unpaired) electrons. The molecule has 1 N–H and O–H groups in total. The van der Waals surface area contributed by atoms with Crippen molar-refractivity contribution in [2.75, 3.05) is 13.2 Å². The van der Waals surface area contributed by atoms with Gasteiger partial charge in [0, 0.05) is 29.1 Å². The second-order valence-electron chi connectivity index (χ2n) is 6.81. The van der Waals surface area contributed by atoms with Gasteiger partial charge >= 0.3 is 5.97 Å². The van der Waals surface area contributed by atoms with Crippen LogP contribution in [0.3, 0.4) is 0 Å². The lowest BCUT2D eigenvalue weighted by Gasteiger charge is -2.07. The van der Waals surface area contributed by atoms with E-state index in [0.29, 0.717) is 28.9 Å². The van der Waals surface area contributed by atoms with E-state index in [0.717, 1.165) is 17.8 Å². The van der Waals surface area contributed by atoms with Gasteiger partial charge in [-0.15, -0.1) is 0 Å². The predicted octanol–water partition coefficient (Wildman–Crippen LogP) is 2.82. The van der Waals surface area contributed by atoms with Gasteiger partial charge in [-0.2, -0.15) is 0 Å². The molecule has 0 atom stereocenters. The Hall–Kier alpha value is -3.82. The lowest BCUT2D eigenvalue weighted by molar-refractivity contribution is -0.141. The molecule has 2 heterocycles. The third-order valence-corrected chi connectivity index (χ3v) is 4.51. The number of benzene rings is 1. The average molecular weight is 431 g/mol. The van der Waals surface area contributed by atoms with Crippen LogP contribution in [-0.4, -0.2) is 40.5 Å². The van der Waals surface area contributed by atoms with Crippen LogP contribution in [0.5, 0.6) is 0 Å². The highest BCUT2D eigenvalue weighted by atomic mass is 19.1. The van der Waals surface area contributed by atoms with Gasteiger partial charge in [0.2, 0.25) is 5.78 Å². The second kappa shape index (κ2) is 8.90. The molecule has 0 aliphatic rings. The number of rotatable bonds is 7. The summed E-state index contributed by atoms with van der Waals surface area (Å²) in [6.45, 7) is 4.15. The maximum Gasteiger partial charge on any atom is 0.325 e. The smallest absolute Gasteiger partial charge is 0.325 e. The van der Waals surface area contributed by atoms with E-state index >= 15 is 0 Å². The summed E-state index contributed by atoms with van der Waals surface area (Å²) in [4.78, 5) is 36.3. The molecule has 162 valence electrons. The predicted molar refractivity (Wildman–Crippen MR) is 104 cm³/mol. The third-order valence-electron chi connectivity index (χ3n) is 4.51. The number of nitrogens with one attached hydrogen (secondary N) is 1. The fourth-order valence-electron chi connectivity index (χ4n) is 3.05. The minimum atomic E-state index is -1.06. The zero-order valence-corrected chi connectivity index (χ0v) is 17.0. The molecule has 2 aromatic heterocycles. The van der Waals surface area contributed by atoms with Crippen molar-refractivity contribution in [3.63, 3.8) is 0 Å². The maximum absolute atomic E-state index is 13.6. The van der Waals surface area contributed by atoms with E-state index in [4.69, 9.17) is 9.26 Å². The largest absolute Gasteiger partial charge is 0.456 e. The molecule has 0 bridgehead atoms. The molecule has 0 unspecified atom stereocenters. The molecule has 0 aliphatic heterocycles. The van der Waals surface area contributed by atoms with Crippen LogP contribution >= 0.6 is 0 Å². The summed E-state index contributed by atoms with van der Waals surface area (Å²) in [7, 11) is 0. The first kappa shape index (κ1) is 21.9. The van der Waals surface area contributed by atoms with E-state index < -0.39 is 48.0 Å². The summed E-state index contributed by atoms with van der Waals surface area (Å²) in [5.41, 5.74) is 1.28. The molecule has 0 aliphatic carbocycles. The van der Waals surface area contributed by atoms with Gasteiger partial charge in [-0.05, 0) is 39.0 Å². The highest BCUT2D eigenvalue weighted by molar-refractivity contribution is 6.00. The molecular weight excluding hydrogens is 412 g/mol. The van der Waals surface area contributed by atoms with Crippen molar-refractivity contribution in [3.05, 3.63) is 70.2 Å². The van der Waals surface area contributed by atoms with Gasteiger partial charge in [0.1, 0.15) is 23.9 Å². The van der Waals surface area contributed by atoms with Crippen LogP contribution in [0.15, 0.2) is 34.9 Å². The second-order valence-corrected chi connectivity index (χ2v) is 6.81. The highest BCUT2D eigenvalue weighted by Crippen LogP contribution is 2.21. The van der Waals surface area contributed by atoms with Gasteiger partial charge in [0.15, 0.2) is 12.4 Å². The number of amides is 1. The summed E-state index contributed by atoms with van der Waals surface area (Å²) in [5, 5.41) is 6.10. The van der Waals surface area contributed by atoms with E-state index in [1.54, 1.807) is 37.5 Å². The molecular formula is C21H19F2N3O5. The minimum absolute atomic E-state index is 0.350. The van der Waals surface area contributed by atoms with E-state index in [1.807, 2.05) is 0 Å². The molecule has 1 aromatic carbocycles. The van der Waals surface area contributed by atoms with Gasteiger partial charge in [-0.25, -0.2) is 8.78 Å². The average Bonchev–Trinajstić information content (AvgIpc) is 3.26. The molecule has 0 saturated carbocycles. The standard InChI is InChI=1S/C21H19F2N3O5/c1-11-6-16(13(3)26(11)19-7-12(2)31-25-19)18(27)10-30-20(28)9-24-21(29)15-5-4-14(22)8-17(15)23/h4-8H,9-10H2,1-3H3,(H,24,29). The highest BCUT2D eigenvalue weighted by Gasteiger charge is 2.20. The Morgan fingerprint density at radius 3 is 2.48 bits per heavy atom. The quantitative estimate of drug-likeness (QED) is 0.456. The van der Waals surface area contributed by atoms with Crippen molar-refractivity contribution in [2.24, 2.45) is 0 Å². The molecule has 0 spiro atoms. The number of halogens is 2. The van der Waals surface area contributed by atoms with Crippen LogP contribution in [-0.2, 0) is 9.53 Å². The Kier molecular flexibility index (Phi) is 6.28. The first-order valence-electron chi connectivity index (χ1n) is 9.22. The zero-order chi connectivity index (χ0) is 22.7. The Bertz CT molecular complexity index is 1170. The SMILES string of the molecule is Cc1cc(-n2c(C)cc(C(=O)COC(=O)CNC(=O)c3ccc(F)cc3F)c2C)no1. The fraction of sp³-hybridized carbons (Fsp3) is 0.238. The summed E-state index contributed by atoms with van der Waals surface area (Å²) in [6, 6.07) is 5.81. The van der Waals surface area contributed by atoms with Gasteiger partial charge in [0.05, 0.1) is 5.56 Å². The van der Waals surface area contributed by atoms with Crippen molar-refractivity contribution in [2.45, 2.75) is 20.8 Å². The first-order chi connectivity index (χ1) is 14.7. The Morgan fingerprint density at radius 2 is 1.84 bits per heavy atom.